The van der Waals surface area contributed by atoms with E-state index in [1.54, 1.807) is 6.92 Å². The summed E-state index contributed by atoms with van der Waals surface area (Å²) in [6, 6.07) is 9.81. The third-order valence-electron chi connectivity index (χ3n) is 4.00. The summed E-state index contributed by atoms with van der Waals surface area (Å²) in [5.41, 5.74) is 0.0844. The summed E-state index contributed by atoms with van der Waals surface area (Å²) < 4.78 is 50.0. The lowest BCUT2D eigenvalue weighted by atomic mass is 10.2. The molecule has 0 saturated carbocycles. The molecule has 2 N–H and O–H groups in total. The Morgan fingerprint density at radius 2 is 1.75 bits per heavy atom. The molecule has 9 nitrogen and oxygen atoms in total. The maximum absolute atomic E-state index is 13.0. The van der Waals surface area contributed by atoms with Crippen LogP contribution in [0, 0.1) is 5.82 Å². The van der Waals surface area contributed by atoms with Crippen molar-refractivity contribution in [2.75, 3.05) is 24.5 Å². The molecule has 0 aliphatic rings. The number of hydrogen-bond acceptors (Lipinski definition) is 7. The summed E-state index contributed by atoms with van der Waals surface area (Å²) in [6.45, 7) is 1.62. The standard InChI is InChI=1S/C21H23FN2O7S/c1-2-30-20(26)7-4-12-23-19(25)14-31-21(27)15-5-3-6-18(13-15)32(28,29)24-17-10-8-16(22)9-11-17/h3,5-6,8-11,13,24H,2,4,7,12,14H2,1H3,(H,23,25). The molecule has 172 valence electrons. The molecule has 2 aromatic carbocycles. The lowest BCUT2D eigenvalue weighted by Gasteiger charge is -2.10. The molecule has 0 radical (unpaired) electrons. The van der Waals surface area contributed by atoms with E-state index in [1.165, 1.54) is 30.3 Å². The van der Waals surface area contributed by atoms with Gasteiger partial charge in [0.1, 0.15) is 5.82 Å². The summed E-state index contributed by atoms with van der Waals surface area (Å²) in [4.78, 5) is 35.0. The Kier molecular flexibility index (Phi) is 9.14. The zero-order valence-corrected chi connectivity index (χ0v) is 18.1. The number of halogens is 1. The van der Waals surface area contributed by atoms with Crippen LogP contribution in [0.15, 0.2) is 53.4 Å². The van der Waals surface area contributed by atoms with Crippen molar-refractivity contribution in [1.29, 1.82) is 0 Å². The third kappa shape index (κ3) is 7.99. The van der Waals surface area contributed by atoms with Gasteiger partial charge in [-0.1, -0.05) is 6.07 Å². The molecule has 0 aliphatic heterocycles. The van der Waals surface area contributed by atoms with Crippen LogP contribution in [0.25, 0.3) is 0 Å². The smallest absolute Gasteiger partial charge is 0.338 e. The summed E-state index contributed by atoms with van der Waals surface area (Å²) in [5, 5.41) is 2.50. The SMILES string of the molecule is CCOC(=O)CCCNC(=O)COC(=O)c1cccc(S(=O)(=O)Nc2ccc(F)cc2)c1. The number of ether oxygens (including phenoxy) is 2. The van der Waals surface area contributed by atoms with E-state index >= 15 is 0 Å². The second-order valence-corrected chi connectivity index (χ2v) is 8.16. The zero-order valence-electron chi connectivity index (χ0n) is 17.3. The van der Waals surface area contributed by atoms with E-state index in [9.17, 15) is 27.2 Å². The Bertz CT molecular complexity index is 1060. The number of benzene rings is 2. The van der Waals surface area contributed by atoms with E-state index in [0.717, 1.165) is 18.2 Å². The normalized spacial score (nSPS) is 10.8. The first-order chi connectivity index (χ1) is 15.2. The fourth-order valence-corrected chi connectivity index (χ4v) is 3.59. The van der Waals surface area contributed by atoms with Gasteiger partial charge in [0.15, 0.2) is 6.61 Å². The Morgan fingerprint density at radius 3 is 2.44 bits per heavy atom. The third-order valence-corrected chi connectivity index (χ3v) is 5.37. The number of carbonyl (C=O) groups excluding carboxylic acids is 3. The van der Waals surface area contributed by atoms with Crippen molar-refractivity contribution in [1.82, 2.24) is 5.32 Å². The van der Waals surface area contributed by atoms with Gasteiger partial charge < -0.3 is 14.8 Å². The average Bonchev–Trinajstić information content (AvgIpc) is 2.77. The second-order valence-electron chi connectivity index (χ2n) is 6.47. The first-order valence-electron chi connectivity index (χ1n) is 9.69. The average molecular weight is 466 g/mol. The van der Waals surface area contributed by atoms with Crippen LogP contribution in [0.4, 0.5) is 10.1 Å². The van der Waals surface area contributed by atoms with Gasteiger partial charge in [0.25, 0.3) is 15.9 Å². The van der Waals surface area contributed by atoms with Crippen LogP contribution >= 0.6 is 0 Å². The van der Waals surface area contributed by atoms with Crippen LogP contribution in [-0.4, -0.2) is 46.0 Å². The molecule has 32 heavy (non-hydrogen) atoms. The highest BCUT2D eigenvalue weighted by Crippen LogP contribution is 2.18. The van der Waals surface area contributed by atoms with E-state index in [2.05, 4.69) is 10.0 Å². The van der Waals surface area contributed by atoms with E-state index < -0.39 is 34.3 Å². The molecule has 0 aromatic heterocycles. The van der Waals surface area contributed by atoms with Gasteiger partial charge in [-0.3, -0.25) is 14.3 Å². The van der Waals surface area contributed by atoms with Crippen LogP contribution in [0.5, 0.6) is 0 Å². The molecule has 1 amide bonds. The largest absolute Gasteiger partial charge is 0.466 e. The van der Waals surface area contributed by atoms with Crippen molar-refractivity contribution in [2.45, 2.75) is 24.7 Å². The van der Waals surface area contributed by atoms with E-state index in [4.69, 9.17) is 9.47 Å². The number of nitrogens with one attached hydrogen (secondary N) is 2. The van der Waals surface area contributed by atoms with Crippen molar-refractivity contribution < 1.29 is 36.7 Å². The Hall–Kier alpha value is -3.47. The van der Waals surface area contributed by atoms with Crippen LogP contribution in [0.3, 0.4) is 0 Å². The molecule has 0 unspecified atom stereocenters. The minimum atomic E-state index is -4.04. The van der Waals surface area contributed by atoms with Gasteiger partial charge in [-0.25, -0.2) is 17.6 Å². The highest BCUT2D eigenvalue weighted by atomic mass is 32.2. The molecular formula is C21H23FN2O7S. The quantitative estimate of drug-likeness (QED) is 0.384. The first-order valence-corrected chi connectivity index (χ1v) is 11.2. The minimum absolute atomic E-state index is 0.0675. The number of hydrogen-bond donors (Lipinski definition) is 2. The highest BCUT2D eigenvalue weighted by molar-refractivity contribution is 7.92. The van der Waals surface area contributed by atoms with Gasteiger partial charge in [0.2, 0.25) is 0 Å². The lowest BCUT2D eigenvalue weighted by molar-refractivity contribution is -0.143. The van der Waals surface area contributed by atoms with Gasteiger partial charge in [0, 0.05) is 18.7 Å². The number of anilines is 1. The van der Waals surface area contributed by atoms with Crippen molar-refractivity contribution in [2.24, 2.45) is 0 Å². The molecule has 11 heteroatoms. The molecule has 0 atom stereocenters. The van der Waals surface area contributed by atoms with Crippen molar-refractivity contribution in [3.63, 3.8) is 0 Å². The lowest BCUT2D eigenvalue weighted by Crippen LogP contribution is -2.30. The summed E-state index contributed by atoms with van der Waals surface area (Å²) in [6.07, 6.45) is 0.528. The monoisotopic (exact) mass is 466 g/mol. The van der Waals surface area contributed by atoms with Crippen LogP contribution in [0.1, 0.15) is 30.1 Å². The molecular weight excluding hydrogens is 443 g/mol. The zero-order chi connectivity index (χ0) is 23.6. The number of esters is 2. The van der Waals surface area contributed by atoms with E-state index in [0.29, 0.717) is 6.42 Å². The number of amides is 1. The predicted octanol–water partition coefficient (Wildman–Crippen LogP) is 2.24. The molecule has 0 aliphatic carbocycles. The molecule has 0 saturated heterocycles. The summed E-state index contributed by atoms with van der Waals surface area (Å²) in [7, 11) is -4.04. The van der Waals surface area contributed by atoms with E-state index in [1.807, 2.05) is 0 Å². The highest BCUT2D eigenvalue weighted by Gasteiger charge is 2.18. The first kappa shape index (κ1) is 24.8. The molecule has 0 fully saturated rings. The maximum atomic E-state index is 13.0. The van der Waals surface area contributed by atoms with Crippen molar-refractivity contribution in [3.05, 3.63) is 59.9 Å². The number of sulfonamides is 1. The number of rotatable bonds is 11. The minimum Gasteiger partial charge on any atom is -0.466 e. The topological polar surface area (TPSA) is 128 Å². The predicted molar refractivity (Wildman–Crippen MR) is 113 cm³/mol. The van der Waals surface area contributed by atoms with Crippen LogP contribution in [0.2, 0.25) is 0 Å². The fourth-order valence-electron chi connectivity index (χ4n) is 2.48. The molecule has 0 heterocycles. The summed E-state index contributed by atoms with van der Waals surface area (Å²) >= 11 is 0. The van der Waals surface area contributed by atoms with Gasteiger partial charge >= 0.3 is 11.9 Å². The Labute approximate surface area is 185 Å². The van der Waals surface area contributed by atoms with Gasteiger partial charge in [0.05, 0.1) is 17.1 Å². The Balaban J connectivity index is 1.88. The second kappa shape index (κ2) is 11.8. The number of carbonyl (C=O) groups is 3. The van der Waals surface area contributed by atoms with Gasteiger partial charge in [-0.15, -0.1) is 0 Å². The molecule has 0 spiro atoms. The van der Waals surface area contributed by atoms with Crippen molar-refractivity contribution >= 4 is 33.6 Å². The van der Waals surface area contributed by atoms with Crippen molar-refractivity contribution in [3.8, 4) is 0 Å². The molecule has 2 rings (SSSR count). The van der Waals surface area contributed by atoms with Gasteiger partial charge in [-0.05, 0) is 55.8 Å². The maximum Gasteiger partial charge on any atom is 0.338 e. The van der Waals surface area contributed by atoms with Crippen LogP contribution in [-0.2, 0) is 29.1 Å². The van der Waals surface area contributed by atoms with Gasteiger partial charge in [-0.2, -0.15) is 0 Å². The van der Waals surface area contributed by atoms with E-state index in [-0.39, 0.29) is 41.7 Å². The van der Waals surface area contributed by atoms with Crippen LogP contribution < -0.4 is 10.0 Å². The fraction of sp³-hybridized carbons (Fsp3) is 0.286. The molecule has 2 aromatic rings. The summed E-state index contributed by atoms with van der Waals surface area (Å²) in [5.74, 6) is -2.33. The Morgan fingerprint density at radius 1 is 1.03 bits per heavy atom. The molecule has 0 bridgehead atoms.